The van der Waals surface area contributed by atoms with E-state index in [0.29, 0.717) is 16.7 Å². The molecule has 0 saturated carbocycles. The molecule has 0 aromatic heterocycles. The molecule has 0 aliphatic rings. The monoisotopic (exact) mass is 817 g/mol. The molecule has 1 amide bonds. The highest BCUT2D eigenvalue weighted by molar-refractivity contribution is 6.11. The molecule has 3 N–H and O–H groups in total. The standard InChI is InChI=1S/C45H37F6NO7/c1-5-37(53)35-24-31(16-20-33(35)40(56)57)43(4,45(49,50)51)30-8-6-7-28(22-30)38(54)21-25-9-11-26(12-10-25)27-13-17-32(18-14-27)52-39(55)36-23-29(15-19-34(36)41(58)59)42(2,3)44(46,47)48/h6-20,22-24H,5,21H2,1-4H3,(H,52,55)(H,56,57)(H,58,59). The normalized spacial score (nSPS) is 13.0. The summed E-state index contributed by atoms with van der Waals surface area (Å²) >= 11 is 0. The Morgan fingerprint density at radius 3 is 1.59 bits per heavy atom. The summed E-state index contributed by atoms with van der Waals surface area (Å²) in [6.45, 7) is 4.22. The topological polar surface area (TPSA) is 138 Å². The van der Waals surface area contributed by atoms with Crippen molar-refractivity contribution >= 4 is 35.1 Å². The van der Waals surface area contributed by atoms with Gasteiger partial charge in [0.1, 0.15) is 5.41 Å². The van der Waals surface area contributed by atoms with Crippen LogP contribution >= 0.6 is 0 Å². The predicted octanol–water partition coefficient (Wildman–Crippen LogP) is 10.7. The van der Waals surface area contributed by atoms with Crippen LogP contribution in [-0.4, -0.2) is 52.0 Å². The van der Waals surface area contributed by atoms with E-state index in [9.17, 15) is 60.5 Å². The van der Waals surface area contributed by atoms with E-state index in [1.165, 1.54) is 37.3 Å². The first-order chi connectivity index (χ1) is 27.5. The number of ketones is 2. The van der Waals surface area contributed by atoms with Gasteiger partial charge in [0.25, 0.3) is 5.91 Å². The third kappa shape index (κ3) is 8.81. The van der Waals surface area contributed by atoms with E-state index in [4.69, 9.17) is 0 Å². The second-order valence-corrected chi connectivity index (χ2v) is 14.6. The van der Waals surface area contributed by atoms with Gasteiger partial charge in [0.05, 0.1) is 22.1 Å². The van der Waals surface area contributed by atoms with E-state index in [0.717, 1.165) is 63.2 Å². The average molecular weight is 818 g/mol. The molecule has 0 fully saturated rings. The molecule has 14 heteroatoms. The number of anilines is 1. The zero-order chi connectivity index (χ0) is 43.7. The van der Waals surface area contributed by atoms with E-state index >= 15 is 0 Å². The van der Waals surface area contributed by atoms with Crippen molar-refractivity contribution in [1.82, 2.24) is 0 Å². The summed E-state index contributed by atoms with van der Waals surface area (Å²) in [5.74, 6) is -4.99. The fourth-order valence-electron chi connectivity index (χ4n) is 6.48. The number of carboxylic acid groups (broad SMARTS) is 2. The van der Waals surface area contributed by atoms with Crippen LogP contribution in [0.4, 0.5) is 32.0 Å². The SMILES string of the molecule is CCC(=O)c1cc(C(C)(c2cccc(C(=O)Cc3ccc(-c4ccc(NC(=O)c5cc(C(C)(C)C(F)(F)F)ccc5C(=O)O)cc4)cc3)c2)C(F)(F)F)ccc1C(=O)O. The van der Waals surface area contributed by atoms with Crippen molar-refractivity contribution in [2.45, 2.75) is 63.7 Å². The summed E-state index contributed by atoms with van der Waals surface area (Å²) in [6, 6.07) is 23.9. The van der Waals surface area contributed by atoms with Crippen molar-refractivity contribution in [2.24, 2.45) is 0 Å². The zero-order valence-corrected chi connectivity index (χ0v) is 32.0. The molecule has 59 heavy (non-hydrogen) atoms. The number of hydrogen-bond acceptors (Lipinski definition) is 5. The molecule has 5 aromatic carbocycles. The number of carbonyl (C=O) groups is 5. The predicted molar refractivity (Wildman–Crippen MR) is 207 cm³/mol. The molecular formula is C45H37F6NO7. The summed E-state index contributed by atoms with van der Waals surface area (Å²) in [5.41, 5.74) is -5.59. The van der Waals surface area contributed by atoms with Crippen LogP contribution in [0.15, 0.2) is 109 Å². The first kappa shape index (κ1) is 43.6. The number of amides is 1. The van der Waals surface area contributed by atoms with Gasteiger partial charge in [-0.3, -0.25) is 14.4 Å². The second-order valence-electron chi connectivity index (χ2n) is 14.6. The molecule has 1 unspecified atom stereocenters. The highest BCUT2D eigenvalue weighted by Gasteiger charge is 2.54. The maximum Gasteiger partial charge on any atom is 0.402 e. The van der Waals surface area contributed by atoms with Crippen LogP contribution in [0.3, 0.4) is 0 Å². The third-order valence-electron chi connectivity index (χ3n) is 10.5. The molecule has 8 nitrogen and oxygen atoms in total. The number of alkyl halides is 6. The van der Waals surface area contributed by atoms with Crippen LogP contribution < -0.4 is 5.32 Å². The van der Waals surface area contributed by atoms with Gasteiger partial charge in [-0.15, -0.1) is 0 Å². The number of benzene rings is 5. The minimum Gasteiger partial charge on any atom is -0.478 e. The van der Waals surface area contributed by atoms with Crippen LogP contribution in [0, 0.1) is 0 Å². The number of hydrogen-bond donors (Lipinski definition) is 3. The largest absolute Gasteiger partial charge is 0.478 e. The Balaban J connectivity index is 1.33. The van der Waals surface area contributed by atoms with Gasteiger partial charge in [0.15, 0.2) is 11.6 Å². The number of carbonyl (C=O) groups excluding carboxylic acids is 3. The quantitative estimate of drug-likeness (QED) is 0.0794. The molecule has 306 valence electrons. The lowest BCUT2D eigenvalue weighted by molar-refractivity contribution is -0.180. The molecule has 5 rings (SSSR count). The smallest absolute Gasteiger partial charge is 0.402 e. The van der Waals surface area contributed by atoms with Gasteiger partial charge in [-0.05, 0) is 96.6 Å². The Kier molecular flexibility index (Phi) is 12.1. The molecule has 1 atom stereocenters. The van der Waals surface area contributed by atoms with Crippen LogP contribution in [-0.2, 0) is 17.3 Å². The van der Waals surface area contributed by atoms with Crippen LogP contribution in [0.25, 0.3) is 11.1 Å². The number of rotatable bonds is 13. The summed E-state index contributed by atoms with van der Waals surface area (Å²) in [7, 11) is 0. The second kappa shape index (κ2) is 16.4. The Labute approximate surface area is 334 Å². The van der Waals surface area contributed by atoms with Crippen molar-refractivity contribution in [3.63, 3.8) is 0 Å². The fraction of sp³-hybridized carbons (Fsp3) is 0.222. The lowest BCUT2D eigenvalue weighted by Crippen LogP contribution is -2.41. The minimum atomic E-state index is -4.92. The average Bonchev–Trinajstić information content (AvgIpc) is 3.19. The Hall–Kier alpha value is -6.57. The van der Waals surface area contributed by atoms with Crippen molar-refractivity contribution in [1.29, 1.82) is 0 Å². The van der Waals surface area contributed by atoms with Crippen molar-refractivity contribution in [2.75, 3.05) is 5.32 Å². The van der Waals surface area contributed by atoms with Gasteiger partial charge < -0.3 is 15.5 Å². The summed E-state index contributed by atoms with van der Waals surface area (Å²) < 4.78 is 85.8. The molecule has 5 aromatic rings. The van der Waals surface area contributed by atoms with E-state index in [2.05, 4.69) is 5.32 Å². The Morgan fingerprint density at radius 1 is 0.559 bits per heavy atom. The van der Waals surface area contributed by atoms with Gasteiger partial charge in [0.2, 0.25) is 0 Å². The number of aromatic carboxylic acids is 2. The van der Waals surface area contributed by atoms with Gasteiger partial charge in [-0.2, -0.15) is 26.3 Å². The first-order valence-corrected chi connectivity index (χ1v) is 18.1. The van der Waals surface area contributed by atoms with Gasteiger partial charge >= 0.3 is 24.3 Å². The third-order valence-corrected chi connectivity index (χ3v) is 10.5. The molecule has 0 saturated heterocycles. The maximum absolute atomic E-state index is 14.9. The van der Waals surface area contributed by atoms with Crippen LogP contribution in [0.2, 0.25) is 0 Å². The maximum atomic E-state index is 14.9. The molecule has 0 aliphatic carbocycles. The molecule has 0 bridgehead atoms. The number of halogens is 6. The highest BCUT2D eigenvalue weighted by atomic mass is 19.4. The van der Waals surface area contributed by atoms with Crippen molar-refractivity contribution < 1.29 is 60.5 Å². The minimum absolute atomic E-state index is 0.00188. The van der Waals surface area contributed by atoms with Crippen LogP contribution in [0.1, 0.15) is 108 Å². The molecular weight excluding hydrogens is 780 g/mol. The molecule has 0 radical (unpaired) electrons. The highest BCUT2D eigenvalue weighted by Crippen LogP contribution is 2.47. The number of nitrogens with one attached hydrogen (secondary N) is 1. The van der Waals surface area contributed by atoms with Crippen molar-refractivity contribution in [3.05, 3.63) is 159 Å². The van der Waals surface area contributed by atoms with E-state index in [-0.39, 0.29) is 46.3 Å². The molecule has 0 heterocycles. The van der Waals surface area contributed by atoms with Gasteiger partial charge in [-0.1, -0.05) is 73.7 Å². The number of Topliss-reactive ketones (excluding diaryl/α,β-unsaturated/α-hetero) is 2. The van der Waals surface area contributed by atoms with Gasteiger partial charge in [-0.25, -0.2) is 9.59 Å². The van der Waals surface area contributed by atoms with E-state index in [1.54, 1.807) is 36.4 Å². The first-order valence-electron chi connectivity index (χ1n) is 18.1. The van der Waals surface area contributed by atoms with Crippen molar-refractivity contribution in [3.8, 4) is 11.1 Å². The lowest BCUT2D eigenvalue weighted by atomic mass is 9.74. The number of carboxylic acids is 2. The fourth-order valence-corrected chi connectivity index (χ4v) is 6.48. The van der Waals surface area contributed by atoms with E-state index in [1.807, 2.05) is 0 Å². The Morgan fingerprint density at radius 2 is 1.07 bits per heavy atom. The lowest BCUT2D eigenvalue weighted by Gasteiger charge is -2.34. The molecule has 0 spiro atoms. The summed E-state index contributed by atoms with van der Waals surface area (Å²) in [5, 5.41) is 21.7. The van der Waals surface area contributed by atoms with Gasteiger partial charge in [0, 0.05) is 29.7 Å². The Bertz CT molecular complexity index is 2450. The van der Waals surface area contributed by atoms with E-state index < -0.39 is 69.3 Å². The summed E-state index contributed by atoms with van der Waals surface area (Å²) in [4.78, 5) is 62.7. The molecule has 0 aliphatic heterocycles. The summed E-state index contributed by atoms with van der Waals surface area (Å²) in [6.07, 6.45) is -9.88. The van der Waals surface area contributed by atoms with Crippen LogP contribution in [0.5, 0.6) is 0 Å². The zero-order valence-electron chi connectivity index (χ0n) is 32.0.